The fraction of sp³-hybridized carbons (Fsp3) is 0. The first-order valence-electron chi connectivity index (χ1n) is 3.91. The average molecular weight is 191 g/mol. The predicted octanol–water partition coefficient (Wildman–Crippen LogP) is 0.108. The Hall–Kier alpha value is -2.31. The summed E-state index contributed by atoms with van der Waals surface area (Å²) < 4.78 is 0. The van der Waals surface area contributed by atoms with Gasteiger partial charge >= 0.3 is 0 Å². The molecule has 0 spiro atoms. The second-order valence-corrected chi connectivity index (χ2v) is 2.60. The van der Waals surface area contributed by atoms with E-state index in [0.29, 0.717) is 5.95 Å². The van der Waals surface area contributed by atoms with Crippen LogP contribution in [0.2, 0.25) is 0 Å². The van der Waals surface area contributed by atoms with Gasteiger partial charge in [0.05, 0.1) is 5.69 Å². The lowest BCUT2D eigenvalue weighted by Crippen LogP contribution is -2.06. The minimum Gasteiger partial charge on any atom is -0.368 e. The zero-order chi connectivity index (χ0) is 9.97. The zero-order valence-corrected chi connectivity index (χ0v) is 7.23. The van der Waals surface area contributed by atoms with E-state index in [4.69, 9.17) is 11.5 Å². The summed E-state index contributed by atoms with van der Waals surface area (Å²) in [4.78, 5) is 14.3. The standard InChI is InChI=1S/C7H9N7/c8-5-12-6(9)14-7(13-5)11-4-1-2-10-3-4/h1-3,10H,(H5,8,9,11,12,13,14). The molecule has 0 saturated carbocycles. The van der Waals surface area contributed by atoms with Gasteiger partial charge in [-0.15, -0.1) is 0 Å². The van der Waals surface area contributed by atoms with Crippen molar-refractivity contribution in [1.82, 2.24) is 19.9 Å². The molecule has 2 aromatic heterocycles. The van der Waals surface area contributed by atoms with Crippen LogP contribution in [-0.4, -0.2) is 19.9 Å². The molecule has 0 aliphatic carbocycles. The molecule has 0 amide bonds. The van der Waals surface area contributed by atoms with Gasteiger partial charge in [-0.2, -0.15) is 15.0 Å². The van der Waals surface area contributed by atoms with Crippen LogP contribution in [0.15, 0.2) is 18.5 Å². The first-order chi connectivity index (χ1) is 6.74. The Morgan fingerprint density at radius 2 is 1.86 bits per heavy atom. The van der Waals surface area contributed by atoms with Crippen molar-refractivity contribution in [1.29, 1.82) is 0 Å². The number of aromatic amines is 1. The van der Waals surface area contributed by atoms with Crippen LogP contribution in [-0.2, 0) is 0 Å². The molecule has 2 aromatic rings. The molecule has 0 atom stereocenters. The molecule has 0 aliphatic heterocycles. The minimum atomic E-state index is 0.0931. The molecular formula is C7H9N7. The Kier molecular flexibility index (Phi) is 1.90. The summed E-state index contributed by atoms with van der Waals surface area (Å²) in [5.41, 5.74) is 11.6. The fourth-order valence-corrected chi connectivity index (χ4v) is 0.996. The minimum absolute atomic E-state index is 0.0931. The van der Waals surface area contributed by atoms with Crippen molar-refractivity contribution in [3.05, 3.63) is 18.5 Å². The van der Waals surface area contributed by atoms with E-state index in [1.54, 1.807) is 12.4 Å². The van der Waals surface area contributed by atoms with Crippen molar-refractivity contribution < 1.29 is 0 Å². The number of hydrogen-bond donors (Lipinski definition) is 4. The predicted molar refractivity (Wildman–Crippen MR) is 52.7 cm³/mol. The molecule has 0 bridgehead atoms. The lowest BCUT2D eigenvalue weighted by molar-refractivity contribution is 1.08. The first-order valence-corrected chi connectivity index (χ1v) is 3.91. The van der Waals surface area contributed by atoms with Crippen LogP contribution in [0.1, 0.15) is 0 Å². The summed E-state index contributed by atoms with van der Waals surface area (Å²) in [6, 6.07) is 1.83. The van der Waals surface area contributed by atoms with Crippen LogP contribution >= 0.6 is 0 Å². The van der Waals surface area contributed by atoms with Crippen LogP contribution in [0.25, 0.3) is 0 Å². The van der Waals surface area contributed by atoms with Gasteiger partial charge in [-0.1, -0.05) is 0 Å². The maximum atomic E-state index is 5.40. The number of nitrogen functional groups attached to an aromatic ring is 2. The van der Waals surface area contributed by atoms with Crippen molar-refractivity contribution in [3.8, 4) is 0 Å². The molecule has 0 saturated heterocycles. The Balaban J connectivity index is 2.25. The normalized spacial score (nSPS) is 10.0. The number of rotatable bonds is 2. The number of H-pyrrole nitrogens is 1. The molecule has 2 rings (SSSR count). The summed E-state index contributed by atoms with van der Waals surface area (Å²) >= 11 is 0. The molecule has 0 radical (unpaired) electrons. The lowest BCUT2D eigenvalue weighted by atomic mass is 10.5. The van der Waals surface area contributed by atoms with Gasteiger partial charge in [0.2, 0.25) is 17.8 Å². The second kappa shape index (κ2) is 3.21. The highest BCUT2D eigenvalue weighted by molar-refractivity contribution is 5.53. The van der Waals surface area contributed by atoms with Gasteiger partial charge in [0.15, 0.2) is 0 Å². The maximum Gasteiger partial charge on any atom is 0.233 e. The maximum absolute atomic E-state index is 5.40. The Bertz CT molecular complexity index is 401. The van der Waals surface area contributed by atoms with Crippen LogP contribution in [0.4, 0.5) is 23.5 Å². The third-order valence-corrected chi connectivity index (χ3v) is 1.52. The van der Waals surface area contributed by atoms with Crippen molar-refractivity contribution in [2.24, 2.45) is 0 Å². The van der Waals surface area contributed by atoms with Gasteiger partial charge in [-0.05, 0) is 6.07 Å². The highest BCUT2D eigenvalue weighted by Gasteiger charge is 2.01. The van der Waals surface area contributed by atoms with Crippen LogP contribution < -0.4 is 16.8 Å². The van der Waals surface area contributed by atoms with E-state index in [2.05, 4.69) is 25.3 Å². The monoisotopic (exact) mass is 191 g/mol. The average Bonchev–Trinajstić information content (AvgIpc) is 2.54. The highest BCUT2D eigenvalue weighted by atomic mass is 15.2. The topological polar surface area (TPSA) is 119 Å². The summed E-state index contributed by atoms with van der Waals surface area (Å²) in [5, 5.41) is 2.91. The molecule has 0 unspecified atom stereocenters. The molecule has 2 heterocycles. The summed E-state index contributed by atoms with van der Waals surface area (Å²) in [6.45, 7) is 0. The Labute approximate surface area is 79.6 Å². The fourth-order valence-electron chi connectivity index (χ4n) is 0.996. The molecule has 7 heteroatoms. The number of nitrogens with zero attached hydrogens (tertiary/aromatic N) is 3. The largest absolute Gasteiger partial charge is 0.368 e. The third-order valence-electron chi connectivity index (χ3n) is 1.52. The van der Waals surface area contributed by atoms with Gasteiger partial charge in [-0.25, -0.2) is 0 Å². The third kappa shape index (κ3) is 1.71. The zero-order valence-electron chi connectivity index (χ0n) is 7.23. The second-order valence-electron chi connectivity index (χ2n) is 2.60. The van der Waals surface area contributed by atoms with Crippen LogP contribution in [0.5, 0.6) is 0 Å². The number of anilines is 4. The number of nitrogens with two attached hydrogens (primary N) is 2. The summed E-state index contributed by atoms with van der Waals surface area (Å²) in [7, 11) is 0. The highest BCUT2D eigenvalue weighted by Crippen LogP contribution is 2.12. The molecule has 0 fully saturated rings. The molecule has 7 nitrogen and oxygen atoms in total. The molecule has 0 aliphatic rings. The summed E-state index contributed by atoms with van der Waals surface area (Å²) in [5.74, 6) is 0.515. The molecule has 14 heavy (non-hydrogen) atoms. The first kappa shape index (κ1) is 8.30. The van der Waals surface area contributed by atoms with Gasteiger partial charge in [0.1, 0.15) is 0 Å². The number of hydrogen-bond acceptors (Lipinski definition) is 6. The smallest absolute Gasteiger partial charge is 0.233 e. The molecule has 72 valence electrons. The van der Waals surface area contributed by atoms with E-state index in [1.807, 2.05) is 6.07 Å². The van der Waals surface area contributed by atoms with Gasteiger partial charge < -0.3 is 21.8 Å². The van der Waals surface area contributed by atoms with Crippen molar-refractivity contribution in [3.63, 3.8) is 0 Å². The van der Waals surface area contributed by atoms with Gasteiger partial charge in [0, 0.05) is 12.4 Å². The lowest BCUT2D eigenvalue weighted by Gasteiger charge is -2.02. The van der Waals surface area contributed by atoms with Crippen LogP contribution in [0.3, 0.4) is 0 Å². The number of aromatic nitrogens is 4. The SMILES string of the molecule is Nc1nc(N)nc(Nc2cc[nH]c2)n1. The quantitative estimate of drug-likeness (QED) is 0.535. The van der Waals surface area contributed by atoms with E-state index >= 15 is 0 Å². The van der Waals surface area contributed by atoms with Crippen molar-refractivity contribution in [2.75, 3.05) is 16.8 Å². The van der Waals surface area contributed by atoms with E-state index in [-0.39, 0.29) is 11.9 Å². The molecule has 6 N–H and O–H groups in total. The van der Waals surface area contributed by atoms with Crippen molar-refractivity contribution >= 4 is 23.5 Å². The number of nitrogens with one attached hydrogen (secondary N) is 2. The molecular weight excluding hydrogens is 182 g/mol. The molecule has 0 aromatic carbocycles. The Morgan fingerprint density at radius 1 is 1.14 bits per heavy atom. The Morgan fingerprint density at radius 3 is 2.43 bits per heavy atom. The van der Waals surface area contributed by atoms with Gasteiger partial charge in [0.25, 0.3) is 0 Å². The van der Waals surface area contributed by atoms with Crippen molar-refractivity contribution in [2.45, 2.75) is 0 Å². The van der Waals surface area contributed by atoms with E-state index < -0.39 is 0 Å². The van der Waals surface area contributed by atoms with Gasteiger partial charge in [-0.3, -0.25) is 0 Å². The van der Waals surface area contributed by atoms with E-state index in [0.717, 1.165) is 5.69 Å². The van der Waals surface area contributed by atoms with Crippen LogP contribution in [0, 0.1) is 0 Å². The summed E-state index contributed by atoms with van der Waals surface area (Å²) in [6.07, 6.45) is 3.53. The van der Waals surface area contributed by atoms with E-state index in [9.17, 15) is 0 Å². The van der Waals surface area contributed by atoms with E-state index in [1.165, 1.54) is 0 Å².